The Labute approximate surface area is 178 Å². The number of Topliss-reactive ketones (excluding diaryl/α,β-unsaturated/α-hetero) is 1. The SMILES string of the molecule is CC(=O)C1=NN2C(=C(C#N)C1c1ccc(C)cc1)NC(=O)c1c2sc2c1CCCC2. The summed E-state index contributed by atoms with van der Waals surface area (Å²) in [5.74, 6) is -0.611. The molecule has 1 aromatic carbocycles. The molecule has 7 heteroatoms. The molecule has 2 aliphatic heterocycles. The summed E-state index contributed by atoms with van der Waals surface area (Å²) in [5.41, 5.74) is 4.29. The van der Waals surface area contributed by atoms with Crippen LogP contribution in [-0.4, -0.2) is 17.4 Å². The van der Waals surface area contributed by atoms with Crippen molar-refractivity contribution in [3.63, 3.8) is 0 Å². The minimum absolute atomic E-state index is 0.187. The minimum Gasteiger partial charge on any atom is -0.305 e. The minimum atomic E-state index is -0.601. The number of rotatable bonds is 2. The van der Waals surface area contributed by atoms with Crippen molar-refractivity contribution in [1.82, 2.24) is 5.32 Å². The highest BCUT2D eigenvalue weighted by Crippen LogP contribution is 2.46. The van der Waals surface area contributed by atoms with E-state index in [2.05, 4.69) is 16.5 Å². The number of hydrogen-bond acceptors (Lipinski definition) is 6. The molecule has 0 fully saturated rings. The largest absolute Gasteiger partial charge is 0.305 e. The molecule has 3 heterocycles. The average Bonchev–Trinajstić information content (AvgIpc) is 3.13. The number of nitrogens with one attached hydrogen (secondary N) is 1. The van der Waals surface area contributed by atoms with Crippen molar-refractivity contribution in [2.45, 2.75) is 45.4 Å². The van der Waals surface area contributed by atoms with Crippen LogP contribution in [-0.2, 0) is 17.6 Å². The van der Waals surface area contributed by atoms with Gasteiger partial charge in [0.2, 0.25) is 0 Å². The number of benzene rings is 1. The number of ketones is 1. The summed E-state index contributed by atoms with van der Waals surface area (Å²) in [6.45, 7) is 3.46. The van der Waals surface area contributed by atoms with Crippen molar-refractivity contribution in [3.05, 3.63) is 62.8 Å². The summed E-state index contributed by atoms with van der Waals surface area (Å²) in [6, 6.07) is 9.97. The van der Waals surface area contributed by atoms with Crippen molar-refractivity contribution in [2.75, 3.05) is 5.01 Å². The molecule has 0 saturated carbocycles. The Kier molecular flexibility index (Phi) is 4.33. The van der Waals surface area contributed by atoms with Gasteiger partial charge in [-0.3, -0.25) is 9.59 Å². The standard InChI is InChI=1S/C23H20N4O2S/c1-12-7-9-14(10-8-12)18-16(11-24)21-25-22(29)19-15-5-3-4-6-17(15)30-23(19)27(21)26-20(18)13(2)28/h7-10,18H,3-6H2,1-2H3,(H,25,29). The number of fused-ring (bicyclic) bond motifs is 5. The zero-order valence-corrected chi connectivity index (χ0v) is 17.6. The van der Waals surface area contributed by atoms with E-state index in [-0.39, 0.29) is 11.7 Å². The normalized spacial score (nSPS) is 19.9. The molecule has 1 aliphatic carbocycles. The van der Waals surface area contributed by atoms with Crippen LogP contribution in [0.4, 0.5) is 5.00 Å². The summed E-state index contributed by atoms with van der Waals surface area (Å²) in [6.07, 6.45) is 4.00. The summed E-state index contributed by atoms with van der Waals surface area (Å²) in [7, 11) is 0. The highest BCUT2D eigenvalue weighted by Gasteiger charge is 2.42. The molecule has 0 bridgehead atoms. The van der Waals surface area contributed by atoms with Crippen LogP contribution < -0.4 is 10.3 Å². The number of anilines is 1. The van der Waals surface area contributed by atoms with Crippen LogP contribution in [0.3, 0.4) is 0 Å². The lowest BCUT2D eigenvalue weighted by Crippen LogP contribution is -2.44. The fourth-order valence-corrected chi connectivity index (χ4v) is 5.79. The Bertz CT molecular complexity index is 1200. The monoisotopic (exact) mass is 416 g/mol. The van der Waals surface area contributed by atoms with E-state index >= 15 is 0 Å². The summed E-state index contributed by atoms with van der Waals surface area (Å²) >= 11 is 1.56. The van der Waals surface area contributed by atoms with Gasteiger partial charge in [0.15, 0.2) is 11.6 Å². The lowest BCUT2D eigenvalue weighted by molar-refractivity contribution is -0.111. The number of carbonyl (C=O) groups is 2. The number of nitrogens with zero attached hydrogens (tertiary/aromatic N) is 3. The molecule has 1 N–H and O–H groups in total. The first-order valence-corrected chi connectivity index (χ1v) is 10.9. The predicted octanol–water partition coefficient (Wildman–Crippen LogP) is 3.96. The van der Waals surface area contributed by atoms with Gasteiger partial charge in [-0.25, -0.2) is 5.01 Å². The van der Waals surface area contributed by atoms with Crippen LogP contribution in [0.5, 0.6) is 0 Å². The molecule has 6 nitrogen and oxygen atoms in total. The topological polar surface area (TPSA) is 85.6 Å². The summed E-state index contributed by atoms with van der Waals surface area (Å²) in [5, 5.41) is 20.0. The maximum Gasteiger partial charge on any atom is 0.260 e. The van der Waals surface area contributed by atoms with Crippen LogP contribution in [0.1, 0.15) is 57.6 Å². The smallest absolute Gasteiger partial charge is 0.260 e. The lowest BCUT2D eigenvalue weighted by atomic mass is 9.84. The molecule has 1 amide bonds. The van der Waals surface area contributed by atoms with Gasteiger partial charge in [0.1, 0.15) is 10.7 Å². The van der Waals surface area contributed by atoms with Crippen LogP contribution in [0.2, 0.25) is 0 Å². The van der Waals surface area contributed by atoms with Crippen molar-refractivity contribution in [3.8, 4) is 6.07 Å². The van der Waals surface area contributed by atoms with Gasteiger partial charge in [0.25, 0.3) is 5.91 Å². The zero-order chi connectivity index (χ0) is 21.0. The van der Waals surface area contributed by atoms with Crippen molar-refractivity contribution in [2.24, 2.45) is 5.10 Å². The van der Waals surface area contributed by atoms with Crippen LogP contribution in [0.15, 0.2) is 40.8 Å². The maximum atomic E-state index is 13.0. The molecule has 0 spiro atoms. The number of allylic oxidation sites excluding steroid dienone is 1. The molecular formula is C23H20N4O2S. The maximum absolute atomic E-state index is 13.0. The van der Waals surface area contributed by atoms with Gasteiger partial charge >= 0.3 is 0 Å². The Morgan fingerprint density at radius 1 is 1.27 bits per heavy atom. The Balaban J connectivity index is 1.72. The van der Waals surface area contributed by atoms with Crippen molar-refractivity contribution in [1.29, 1.82) is 5.26 Å². The van der Waals surface area contributed by atoms with E-state index in [0.717, 1.165) is 47.4 Å². The van der Waals surface area contributed by atoms with E-state index in [1.807, 2.05) is 31.2 Å². The third-order valence-electron chi connectivity index (χ3n) is 5.93. The molecule has 0 saturated heterocycles. The lowest BCUT2D eigenvalue weighted by Gasteiger charge is -2.35. The van der Waals surface area contributed by atoms with E-state index in [0.29, 0.717) is 22.7 Å². The number of hydrogen-bond donors (Lipinski definition) is 1. The van der Waals surface area contributed by atoms with Gasteiger partial charge in [-0.1, -0.05) is 29.8 Å². The molecule has 0 radical (unpaired) electrons. The number of hydrazone groups is 1. The molecule has 30 heavy (non-hydrogen) atoms. The average molecular weight is 417 g/mol. The third kappa shape index (κ3) is 2.71. The van der Waals surface area contributed by atoms with Gasteiger partial charge in [-0.15, -0.1) is 11.3 Å². The number of nitriles is 1. The molecule has 2 aromatic rings. The van der Waals surface area contributed by atoms with Crippen LogP contribution >= 0.6 is 11.3 Å². The molecule has 3 aliphatic rings. The number of aryl methyl sites for hydroxylation is 2. The number of amides is 1. The molecule has 1 unspecified atom stereocenters. The molecular weight excluding hydrogens is 396 g/mol. The second-order valence-electron chi connectivity index (χ2n) is 7.92. The van der Waals surface area contributed by atoms with E-state index in [4.69, 9.17) is 0 Å². The van der Waals surface area contributed by atoms with E-state index < -0.39 is 5.92 Å². The van der Waals surface area contributed by atoms with Gasteiger partial charge in [-0.2, -0.15) is 10.4 Å². The predicted molar refractivity (Wildman–Crippen MR) is 116 cm³/mol. The first-order chi connectivity index (χ1) is 14.5. The van der Waals surface area contributed by atoms with Crippen molar-refractivity contribution >= 4 is 33.7 Å². The fraction of sp³-hybridized carbons (Fsp3) is 0.304. The Morgan fingerprint density at radius 2 is 2.00 bits per heavy atom. The number of thiophene rings is 1. The molecule has 1 atom stereocenters. The second-order valence-corrected chi connectivity index (χ2v) is 9.00. The van der Waals surface area contributed by atoms with Crippen molar-refractivity contribution < 1.29 is 9.59 Å². The Hall–Kier alpha value is -3.24. The van der Waals surface area contributed by atoms with E-state index in [9.17, 15) is 14.9 Å². The second kappa shape index (κ2) is 6.92. The highest BCUT2D eigenvalue weighted by atomic mass is 32.1. The quantitative estimate of drug-likeness (QED) is 0.803. The van der Waals surface area contributed by atoms with Crippen LogP contribution in [0.25, 0.3) is 0 Å². The molecule has 150 valence electrons. The Morgan fingerprint density at radius 3 is 2.70 bits per heavy atom. The van der Waals surface area contributed by atoms with E-state index in [1.165, 1.54) is 11.8 Å². The summed E-state index contributed by atoms with van der Waals surface area (Å²) in [4.78, 5) is 26.8. The van der Waals surface area contributed by atoms with E-state index in [1.54, 1.807) is 16.3 Å². The first kappa shape index (κ1) is 18.8. The van der Waals surface area contributed by atoms with Gasteiger partial charge < -0.3 is 5.32 Å². The molecule has 1 aromatic heterocycles. The molecule has 5 rings (SSSR count). The van der Waals surface area contributed by atoms with Gasteiger partial charge in [0, 0.05) is 11.8 Å². The highest BCUT2D eigenvalue weighted by molar-refractivity contribution is 7.16. The fourth-order valence-electron chi connectivity index (χ4n) is 4.45. The first-order valence-electron chi connectivity index (χ1n) is 10.1. The number of carbonyl (C=O) groups excluding carboxylic acids is 2. The van der Waals surface area contributed by atoms with Crippen LogP contribution in [0, 0.1) is 18.3 Å². The zero-order valence-electron chi connectivity index (χ0n) is 16.8. The van der Waals surface area contributed by atoms with Gasteiger partial charge in [0.05, 0.1) is 23.1 Å². The summed E-state index contributed by atoms with van der Waals surface area (Å²) < 4.78 is 0. The third-order valence-corrected chi connectivity index (χ3v) is 7.20. The van der Waals surface area contributed by atoms with Gasteiger partial charge in [-0.05, 0) is 43.7 Å².